The van der Waals surface area contributed by atoms with Crippen LogP contribution in [0.3, 0.4) is 0 Å². The van der Waals surface area contributed by atoms with Crippen LogP contribution in [0.5, 0.6) is 0 Å². The van der Waals surface area contributed by atoms with Gasteiger partial charge in [-0.3, -0.25) is 19.3 Å². The fourth-order valence-corrected chi connectivity index (χ4v) is 4.18. The number of nitrogens with zero attached hydrogens (tertiary/aromatic N) is 1. The van der Waals surface area contributed by atoms with Crippen LogP contribution < -0.4 is 5.32 Å². The number of thioether (sulfide) groups is 1. The Hall–Kier alpha value is -1.82. The molecule has 1 aromatic carbocycles. The number of likely N-dealkylation sites (tertiary alicyclic amines) is 1. The molecule has 0 radical (unpaired) electrons. The molecule has 2 atom stereocenters. The molecule has 3 rings (SSSR count). The Kier molecular flexibility index (Phi) is 5.23. The van der Waals surface area contributed by atoms with E-state index in [4.69, 9.17) is 0 Å². The van der Waals surface area contributed by atoms with Crippen molar-refractivity contribution in [1.82, 2.24) is 4.90 Å². The van der Waals surface area contributed by atoms with E-state index in [1.165, 1.54) is 4.90 Å². The molecule has 0 spiro atoms. The van der Waals surface area contributed by atoms with Gasteiger partial charge >= 0.3 is 0 Å². The number of carbonyl (C=O) groups is 3. The zero-order valence-electron chi connectivity index (χ0n) is 13.8. The molecule has 2 unspecified atom stereocenters. The Morgan fingerprint density at radius 3 is 2.42 bits per heavy atom. The number of anilines is 1. The van der Waals surface area contributed by atoms with Gasteiger partial charge in [0.1, 0.15) is 0 Å². The van der Waals surface area contributed by atoms with Crippen molar-refractivity contribution in [2.45, 2.75) is 37.0 Å². The second kappa shape index (κ2) is 7.38. The Morgan fingerprint density at radius 2 is 1.79 bits per heavy atom. The van der Waals surface area contributed by atoms with Crippen molar-refractivity contribution in [2.24, 2.45) is 11.8 Å². The molecule has 1 N–H and O–H groups in total. The molecule has 1 heterocycles. The molecule has 3 amide bonds. The Morgan fingerprint density at radius 1 is 1.17 bits per heavy atom. The number of rotatable bonds is 5. The summed E-state index contributed by atoms with van der Waals surface area (Å²) in [5.41, 5.74) is 0.766. The van der Waals surface area contributed by atoms with E-state index in [2.05, 4.69) is 5.32 Å². The highest BCUT2D eigenvalue weighted by Crippen LogP contribution is 2.38. The van der Waals surface area contributed by atoms with Crippen molar-refractivity contribution in [3.05, 3.63) is 24.3 Å². The number of carbonyl (C=O) groups excluding carboxylic acids is 3. The molecule has 1 aromatic rings. The minimum atomic E-state index is -0.174. The molecule has 2 aliphatic rings. The number of benzene rings is 1. The summed E-state index contributed by atoms with van der Waals surface area (Å²) in [5, 5.41) is 2.87. The van der Waals surface area contributed by atoms with Crippen LogP contribution in [0.1, 0.15) is 32.1 Å². The lowest BCUT2D eigenvalue weighted by Crippen LogP contribution is -2.34. The third kappa shape index (κ3) is 3.34. The average Bonchev–Trinajstić information content (AvgIpc) is 2.85. The van der Waals surface area contributed by atoms with Gasteiger partial charge in [-0.1, -0.05) is 25.0 Å². The highest BCUT2D eigenvalue weighted by Gasteiger charge is 2.47. The van der Waals surface area contributed by atoms with Crippen molar-refractivity contribution in [3.8, 4) is 0 Å². The first kappa shape index (κ1) is 17.0. The minimum Gasteiger partial charge on any atom is -0.325 e. The van der Waals surface area contributed by atoms with Gasteiger partial charge in [-0.25, -0.2) is 0 Å². The van der Waals surface area contributed by atoms with Gasteiger partial charge in [0.25, 0.3) is 0 Å². The fraction of sp³-hybridized carbons (Fsp3) is 0.500. The quantitative estimate of drug-likeness (QED) is 0.658. The normalized spacial score (nSPS) is 23.3. The van der Waals surface area contributed by atoms with Crippen molar-refractivity contribution in [1.29, 1.82) is 0 Å². The first-order valence-corrected chi connectivity index (χ1v) is 9.62. The van der Waals surface area contributed by atoms with E-state index >= 15 is 0 Å². The maximum Gasteiger partial charge on any atom is 0.233 e. The molecule has 24 heavy (non-hydrogen) atoms. The third-order valence-corrected chi connectivity index (χ3v) is 5.67. The van der Waals surface area contributed by atoms with Crippen LogP contribution in [-0.4, -0.2) is 35.4 Å². The molecule has 2 fully saturated rings. The predicted octanol–water partition coefficient (Wildman–Crippen LogP) is 2.91. The summed E-state index contributed by atoms with van der Waals surface area (Å²) >= 11 is 1.56. The van der Waals surface area contributed by atoms with Crippen LogP contribution in [0.15, 0.2) is 29.2 Å². The number of imide groups is 1. The highest BCUT2D eigenvalue weighted by molar-refractivity contribution is 7.98. The highest BCUT2D eigenvalue weighted by atomic mass is 32.2. The zero-order valence-corrected chi connectivity index (χ0v) is 14.6. The number of para-hydroxylation sites is 1. The van der Waals surface area contributed by atoms with Gasteiger partial charge in [0.05, 0.1) is 17.5 Å². The first-order chi connectivity index (χ1) is 11.6. The van der Waals surface area contributed by atoms with Crippen LogP contribution >= 0.6 is 11.8 Å². The van der Waals surface area contributed by atoms with E-state index in [1.54, 1.807) is 11.8 Å². The van der Waals surface area contributed by atoms with Gasteiger partial charge in [-0.2, -0.15) is 0 Å². The van der Waals surface area contributed by atoms with Gasteiger partial charge in [0.15, 0.2) is 0 Å². The molecule has 128 valence electrons. The molecule has 5 nitrogen and oxygen atoms in total. The summed E-state index contributed by atoms with van der Waals surface area (Å²) < 4.78 is 0. The fourth-order valence-electron chi connectivity index (χ4n) is 3.63. The number of fused-ring (bicyclic) bond motifs is 1. The number of amides is 3. The zero-order chi connectivity index (χ0) is 17.1. The minimum absolute atomic E-state index is 0.0815. The lowest BCUT2D eigenvalue weighted by molar-refractivity contribution is -0.140. The summed E-state index contributed by atoms with van der Waals surface area (Å²) in [5.74, 6) is -0.631. The largest absolute Gasteiger partial charge is 0.325 e. The molecule has 6 heteroatoms. The average molecular weight is 346 g/mol. The Balaban J connectivity index is 1.58. The van der Waals surface area contributed by atoms with Gasteiger partial charge < -0.3 is 5.32 Å². The van der Waals surface area contributed by atoms with E-state index in [0.717, 1.165) is 36.3 Å². The van der Waals surface area contributed by atoms with Crippen molar-refractivity contribution >= 4 is 35.2 Å². The van der Waals surface area contributed by atoms with Crippen molar-refractivity contribution in [2.75, 3.05) is 18.1 Å². The Labute approximate surface area is 146 Å². The van der Waals surface area contributed by atoms with Crippen molar-refractivity contribution < 1.29 is 14.4 Å². The summed E-state index contributed by atoms with van der Waals surface area (Å²) in [4.78, 5) is 39.3. The second-order valence-corrected chi connectivity index (χ2v) is 7.17. The number of hydrogen-bond donors (Lipinski definition) is 1. The molecule has 1 aliphatic heterocycles. The van der Waals surface area contributed by atoms with Crippen LogP contribution in [0.4, 0.5) is 5.69 Å². The number of nitrogens with one attached hydrogen (secondary N) is 1. The smallest absolute Gasteiger partial charge is 0.233 e. The topological polar surface area (TPSA) is 66.5 Å². The molecule has 1 saturated heterocycles. The lowest BCUT2D eigenvalue weighted by Gasteiger charge is -2.19. The standard InChI is InChI=1S/C18H22N2O3S/c1-24-15-9-5-4-8-14(15)19-16(21)10-11-20-17(22)12-6-2-3-7-13(12)18(20)23/h4-5,8-9,12-13H,2-3,6-7,10-11H2,1H3,(H,19,21). The van der Waals surface area contributed by atoms with Crippen LogP contribution in [0.25, 0.3) is 0 Å². The molecule has 0 bridgehead atoms. The van der Waals surface area contributed by atoms with E-state index in [1.807, 2.05) is 30.5 Å². The molecular formula is C18H22N2O3S. The Bertz CT molecular complexity index is 637. The van der Waals surface area contributed by atoms with Crippen LogP contribution in [0.2, 0.25) is 0 Å². The van der Waals surface area contributed by atoms with E-state index in [9.17, 15) is 14.4 Å². The van der Waals surface area contributed by atoms with E-state index in [0.29, 0.717) is 0 Å². The maximum absolute atomic E-state index is 12.4. The van der Waals surface area contributed by atoms with E-state index in [-0.39, 0.29) is 42.5 Å². The SMILES string of the molecule is CSc1ccccc1NC(=O)CCN1C(=O)C2CCCCC2C1=O. The molecule has 0 aromatic heterocycles. The van der Waals surface area contributed by atoms with Crippen molar-refractivity contribution in [3.63, 3.8) is 0 Å². The van der Waals surface area contributed by atoms with Gasteiger partial charge in [-0.15, -0.1) is 11.8 Å². The van der Waals surface area contributed by atoms with Gasteiger partial charge in [0.2, 0.25) is 17.7 Å². The third-order valence-electron chi connectivity index (χ3n) is 4.88. The van der Waals surface area contributed by atoms with Crippen LogP contribution in [-0.2, 0) is 14.4 Å². The first-order valence-electron chi connectivity index (χ1n) is 8.40. The molecule has 1 saturated carbocycles. The molecular weight excluding hydrogens is 324 g/mol. The summed E-state index contributed by atoms with van der Waals surface area (Å²) in [6.45, 7) is 0.179. The monoisotopic (exact) mass is 346 g/mol. The number of hydrogen-bond acceptors (Lipinski definition) is 4. The van der Waals surface area contributed by atoms with Gasteiger partial charge in [-0.05, 0) is 31.2 Å². The lowest BCUT2D eigenvalue weighted by atomic mass is 9.81. The van der Waals surface area contributed by atoms with E-state index < -0.39 is 0 Å². The predicted molar refractivity (Wildman–Crippen MR) is 93.6 cm³/mol. The summed E-state index contributed by atoms with van der Waals surface area (Å²) in [6, 6.07) is 7.58. The van der Waals surface area contributed by atoms with Crippen LogP contribution in [0, 0.1) is 11.8 Å². The van der Waals surface area contributed by atoms with Gasteiger partial charge in [0, 0.05) is 17.9 Å². The maximum atomic E-state index is 12.4. The summed E-state index contributed by atoms with van der Waals surface area (Å²) in [6.07, 6.45) is 5.73. The molecule has 1 aliphatic carbocycles. The second-order valence-electron chi connectivity index (χ2n) is 6.32. The summed E-state index contributed by atoms with van der Waals surface area (Å²) in [7, 11) is 0.